The van der Waals surface area contributed by atoms with Gasteiger partial charge in [-0.1, -0.05) is 78.4 Å². The average Bonchev–Trinajstić information content (AvgIpc) is 3.07. The van der Waals surface area contributed by atoms with Crippen LogP contribution in [0.3, 0.4) is 0 Å². The summed E-state index contributed by atoms with van der Waals surface area (Å²) in [5.74, 6) is 0. The monoisotopic (exact) mass is 503 g/mol. The smallest absolute Gasteiger partial charge is 0.245 e. The lowest BCUT2D eigenvalue weighted by molar-refractivity contribution is -0.0561. The Kier molecular flexibility index (Phi) is 5.27. The van der Waals surface area contributed by atoms with E-state index in [1.807, 2.05) is 67.6 Å². The number of hydrogen-bond donors (Lipinski definition) is 0. The molecule has 0 spiro atoms. The quantitative estimate of drug-likeness (QED) is 0.444. The predicted octanol–water partition coefficient (Wildman–Crippen LogP) is 5.48. The van der Waals surface area contributed by atoms with Gasteiger partial charge in [-0.05, 0) is 47.2 Å². The van der Waals surface area contributed by atoms with E-state index in [0.717, 1.165) is 24.7 Å². The molecule has 0 aliphatic carbocycles. The van der Waals surface area contributed by atoms with Gasteiger partial charge in [0.25, 0.3) is 10.0 Å². The highest BCUT2D eigenvalue weighted by Gasteiger charge is 2.40. The fourth-order valence-corrected chi connectivity index (χ4v) is 5.55. The van der Waals surface area contributed by atoms with Gasteiger partial charge in [0.1, 0.15) is 11.8 Å². The summed E-state index contributed by atoms with van der Waals surface area (Å²) in [6.07, 6.45) is -0.475. The molecule has 0 amide bonds. The Morgan fingerprint density at radius 1 is 0.857 bits per heavy atom. The van der Waals surface area contributed by atoms with Crippen LogP contribution in [0.15, 0.2) is 93.4 Å². The van der Waals surface area contributed by atoms with Gasteiger partial charge >= 0.3 is 0 Å². The van der Waals surface area contributed by atoms with E-state index in [4.69, 9.17) is 4.84 Å². The Morgan fingerprint density at radius 3 is 2.04 bits per heavy atom. The number of sulfonamides is 1. The number of halogens is 1. The SMILES string of the molecule is Cc1ccc(S(=O)(=O)N2OC(c3ccccc3)C(I)=C2c2ccccc2)cc1. The first-order valence-corrected chi connectivity index (χ1v) is 11.3. The highest BCUT2D eigenvalue weighted by molar-refractivity contribution is 14.1. The van der Waals surface area contributed by atoms with Crippen molar-refractivity contribution in [1.29, 1.82) is 0 Å². The molecular formula is C22H18INO3S. The molecule has 142 valence electrons. The largest absolute Gasteiger partial charge is 0.286 e. The molecule has 3 aromatic rings. The van der Waals surface area contributed by atoms with E-state index in [9.17, 15) is 8.42 Å². The summed E-state index contributed by atoms with van der Waals surface area (Å²) in [5, 5.41) is 0. The van der Waals surface area contributed by atoms with Crippen molar-refractivity contribution in [3.05, 3.63) is 105 Å². The van der Waals surface area contributed by atoms with Crippen molar-refractivity contribution in [2.24, 2.45) is 0 Å². The van der Waals surface area contributed by atoms with E-state index in [2.05, 4.69) is 22.6 Å². The van der Waals surface area contributed by atoms with Crippen molar-refractivity contribution >= 4 is 38.3 Å². The summed E-state index contributed by atoms with van der Waals surface area (Å²) < 4.78 is 28.7. The molecule has 0 fully saturated rings. The Bertz CT molecular complexity index is 1110. The van der Waals surface area contributed by atoms with Crippen LogP contribution in [0.25, 0.3) is 5.70 Å². The van der Waals surface area contributed by atoms with Gasteiger partial charge in [0.15, 0.2) is 0 Å². The van der Waals surface area contributed by atoms with Crippen molar-refractivity contribution in [1.82, 2.24) is 4.47 Å². The minimum absolute atomic E-state index is 0.199. The number of nitrogens with zero attached hydrogens (tertiary/aromatic N) is 1. The molecular weight excluding hydrogens is 485 g/mol. The van der Waals surface area contributed by atoms with E-state index in [-0.39, 0.29) is 4.90 Å². The van der Waals surface area contributed by atoms with Crippen molar-refractivity contribution in [2.45, 2.75) is 17.9 Å². The molecule has 4 nitrogen and oxygen atoms in total. The first-order valence-electron chi connectivity index (χ1n) is 8.77. The van der Waals surface area contributed by atoms with Crippen LogP contribution in [0.5, 0.6) is 0 Å². The molecule has 0 saturated heterocycles. The third-order valence-corrected chi connectivity index (χ3v) is 7.18. The number of hydroxylamine groups is 1. The standard InChI is InChI=1S/C22H18INO3S/c1-16-12-14-19(15-13-16)28(25,26)24-21(17-8-4-2-5-9-17)20(23)22(27-24)18-10-6-3-7-11-18/h2-15,22H,1H3. The molecule has 0 bridgehead atoms. The minimum Gasteiger partial charge on any atom is -0.245 e. The molecule has 0 aromatic heterocycles. The zero-order chi connectivity index (χ0) is 19.7. The molecule has 3 aromatic carbocycles. The maximum absolute atomic E-state index is 13.4. The fourth-order valence-electron chi connectivity index (χ4n) is 3.06. The summed E-state index contributed by atoms with van der Waals surface area (Å²) in [6.45, 7) is 1.92. The van der Waals surface area contributed by atoms with Crippen LogP contribution in [0.2, 0.25) is 0 Å². The van der Waals surface area contributed by atoms with Gasteiger partial charge in [0.05, 0.1) is 8.48 Å². The van der Waals surface area contributed by atoms with E-state index in [0.29, 0.717) is 5.70 Å². The first kappa shape index (κ1) is 19.2. The Morgan fingerprint density at radius 2 is 1.43 bits per heavy atom. The van der Waals surface area contributed by atoms with Crippen molar-refractivity contribution < 1.29 is 13.3 Å². The molecule has 1 unspecified atom stereocenters. The average molecular weight is 503 g/mol. The molecule has 0 saturated carbocycles. The summed E-state index contributed by atoms with van der Waals surface area (Å²) in [6, 6.07) is 25.9. The van der Waals surface area contributed by atoms with Gasteiger partial charge in [0.2, 0.25) is 0 Å². The van der Waals surface area contributed by atoms with Crippen LogP contribution >= 0.6 is 22.6 Å². The number of hydrogen-bond acceptors (Lipinski definition) is 3. The Balaban J connectivity index is 1.85. The second-order valence-corrected chi connectivity index (χ2v) is 9.42. The molecule has 1 heterocycles. The zero-order valence-electron chi connectivity index (χ0n) is 15.1. The lowest BCUT2D eigenvalue weighted by atomic mass is 10.1. The van der Waals surface area contributed by atoms with Crippen LogP contribution in [0, 0.1) is 6.92 Å². The number of benzene rings is 3. The predicted molar refractivity (Wildman–Crippen MR) is 118 cm³/mol. The van der Waals surface area contributed by atoms with Gasteiger partial charge < -0.3 is 0 Å². The molecule has 0 N–H and O–H groups in total. The van der Waals surface area contributed by atoms with Crippen LogP contribution in [-0.2, 0) is 14.9 Å². The first-order chi connectivity index (χ1) is 13.5. The van der Waals surface area contributed by atoms with Crippen LogP contribution in [0.4, 0.5) is 0 Å². The topological polar surface area (TPSA) is 46.6 Å². The summed E-state index contributed by atoms with van der Waals surface area (Å²) in [7, 11) is -3.88. The van der Waals surface area contributed by atoms with E-state index < -0.39 is 16.1 Å². The third kappa shape index (κ3) is 3.47. The molecule has 0 radical (unpaired) electrons. The Labute approximate surface area is 178 Å². The van der Waals surface area contributed by atoms with Crippen LogP contribution in [0.1, 0.15) is 22.8 Å². The summed E-state index contributed by atoms with van der Waals surface area (Å²) in [5.41, 5.74) is 3.25. The van der Waals surface area contributed by atoms with Crippen LogP contribution in [-0.4, -0.2) is 12.9 Å². The Hall–Kier alpha value is -2.16. The molecule has 1 aliphatic rings. The van der Waals surface area contributed by atoms with Gasteiger partial charge in [-0.2, -0.15) is 8.42 Å². The summed E-state index contributed by atoms with van der Waals surface area (Å²) in [4.78, 5) is 6.24. The fraction of sp³-hybridized carbons (Fsp3) is 0.0909. The molecule has 1 atom stereocenters. The van der Waals surface area contributed by atoms with Crippen LogP contribution < -0.4 is 0 Å². The normalized spacial score (nSPS) is 17.2. The van der Waals surface area contributed by atoms with Gasteiger partial charge in [-0.25, -0.2) is 4.84 Å². The number of rotatable bonds is 4. The zero-order valence-corrected chi connectivity index (χ0v) is 18.1. The van der Waals surface area contributed by atoms with Crippen molar-refractivity contribution in [3.8, 4) is 0 Å². The van der Waals surface area contributed by atoms with E-state index >= 15 is 0 Å². The van der Waals surface area contributed by atoms with Gasteiger partial charge in [-0.15, -0.1) is 4.47 Å². The lowest BCUT2D eigenvalue weighted by Gasteiger charge is -2.22. The van der Waals surface area contributed by atoms with E-state index in [1.54, 1.807) is 24.3 Å². The molecule has 4 rings (SSSR count). The number of aryl methyl sites for hydroxylation is 1. The molecule has 28 heavy (non-hydrogen) atoms. The molecule has 1 aliphatic heterocycles. The second-order valence-electron chi connectivity index (χ2n) is 6.50. The van der Waals surface area contributed by atoms with Crippen molar-refractivity contribution in [3.63, 3.8) is 0 Å². The maximum atomic E-state index is 13.4. The lowest BCUT2D eigenvalue weighted by Crippen LogP contribution is -2.27. The van der Waals surface area contributed by atoms with Gasteiger partial charge in [-0.3, -0.25) is 0 Å². The highest BCUT2D eigenvalue weighted by Crippen LogP contribution is 2.47. The highest BCUT2D eigenvalue weighted by atomic mass is 127. The maximum Gasteiger partial charge on any atom is 0.286 e. The molecule has 6 heteroatoms. The third-order valence-electron chi connectivity index (χ3n) is 4.53. The summed E-state index contributed by atoms with van der Waals surface area (Å²) >= 11 is 2.19. The van der Waals surface area contributed by atoms with E-state index in [1.165, 1.54) is 0 Å². The van der Waals surface area contributed by atoms with Crippen molar-refractivity contribution in [2.75, 3.05) is 0 Å². The second kappa shape index (κ2) is 7.69. The minimum atomic E-state index is -3.88. The van der Waals surface area contributed by atoms with Gasteiger partial charge in [0, 0.05) is 5.56 Å².